The summed E-state index contributed by atoms with van der Waals surface area (Å²) >= 11 is 5.74. The molecule has 0 aromatic heterocycles. The summed E-state index contributed by atoms with van der Waals surface area (Å²) in [4.78, 5) is 25.4. The SMILES string of the molecule is O=C(Oc1c(I)cc(I)cc1I)C1CCCCC1C(=O)OC(CS(=O)(=O)[O-])(C(F)(F)F)C(F)(F)F. The lowest BCUT2D eigenvalue weighted by molar-refractivity contribution is -0.362. The second-order valence-corrected chi connectivity index (χ2v) is 12.5. The zero-order valence-corrected chi connectivity index (χ0v) is 24.3. The Morgan fingerprint density at radius 3 is 1.74 bits per heavy atom. The number of rotatable bonds is 6. The molecule has 1 aromatic carbocycles. The van der Waals surface area contributed by atoms with Gasteiger partial charge in [-0.25, -0.2) is 8.42 Å². The van der Waals surface area contributed by atoms with Crippen molar-refractivity contribution in [2.75, 3.05) is 5.75 Å². The molecule has 2 atom stereocenters. The minimum Gasteiger partial charge on any atom is -0.748 e. The van der Waals surface area contributed by atoms with Crippen molar-refractivity contribution in [1.82, 2.24) is 0 Å². The van der Waals surface area contributed by atoms with Gasteiger partial charge in [0.25, 0.3) is 0 Å². The van der Waals surface area contributed by atoms with E-state index in [0.29, 0.717) is 13.6 Å². The Morgan fingerprint density at radius 2 is 1.34 bits per heavy atom. The molecular weight excluding hydrogens is 855 g/mol. The minimum atomic E-state index is -6.49. The highest BCUT2D eigenvalue weighted by atomic mass is 127. The molecule has 0 radical (unpaired) electrons. The Kier molecular flexibility index (Phi) is 10.0. The maximum Gasteiger partial charge on any atom is 0.438 e. The van der Waals surface area contributed by atoms with Gasteiger partial charge in [-0.3, -0.25) is 9.59 Å². The zero-order chi connectivity index (χ0) is 27.0. The first-order chi connectivity index (χ1) is 15.8. The minimum absolute atomic E-state index is 0.0962. The van der Waals surface area contributed by atoms with Gasteiger partial charge >= 0.3 is 29.9 Å². The molecule has 0 aliphatic heterocycles. The van der Waals surface area contributed by atoms with Crippen LogP contribution >= 0.6 is 67.8 Å². The van der Waals surface area contributed by atoms with Crippen molar-refractivity contribution in [3.05, 3.63) is 22.8 Å². The van der Waals surface area contributed by atoms with E-state index in [1.165, 1.54) is 0 Å². The van der Waals surface area contributed by atoms with Crippen molar-refractivity contribution in [3.8, 4) is 5.75 Å². The molecule has 198 valence electrons. The number of hydrogen-bond acceptors (Lipinski definition) is 7. The highest BCUT2D eigenvalue weighted by Crippen LogP contribution is 2.48. The standard InChI is InChI=1S/C18H15F6I3O7S/c19-17(20,21)16(18(22,23)24,7-35(30,31)32)34-15(29)10-4-2-1-3-9(10)14(28)33-13-11(26)5-8(25)6-12(13)27/h5-6,9-10H,1-4,7H2,(H,30,31,32)/p-1. The molecule has 17 heteroatoms. The molecule has 0 heterocycles. The van der Waals surface area contributed by atoms with Gasteiger partial charge in [0.05, 0.1) is 34.8 Å². The Labute approximate surface area is 236 Å². The largest absolute Gasteiger partial charge is 0.748 e. The van der Waals surface area contributed by atoms with E-state index in [1.807, 2.05) is 67.8 Å². The van der Waals surface area contributed by atoms with Gasteiger partial charge in [0.2, 0.25) is 0 Å². The van der Waals surface area contributed by atoms with E-state index in [2.05, 4.69) is 4.74 Å². The normalized spacial score (nSPS) is 19.8. The zero-order valence-electron chi connectivity index (χ0n) is 17.0. The summed E-state index contributed by atoms with van der Waals surface area (Å²) in [5.74, 6) is -9.40. The number of carbonyl (C=O) groups excluding carboxylic acids is 2. The van der Waals surface area contributed by atoms with Crippen molar-refractivity contribution in [2.45, 2.75) is 43.6 Å². The third kappa shape index (κ3) is 7.45. The Balaban J connectivity index is 2.41. The first-order valence-corrected chi connectivity index (χ1v) is 14.3. The van der Waals surface area contributed by atoms with Crippen molar-refractivity contribution >= 4 is 89.8 Å². The van der Waals surface area contributed by atoms with Crippen LogP contribution in [-0.2, 0) is 24.4 Å². The number of alkyl halides is 6. The maximum absolute atomic E-state index is 13.5. The smallest absolute Gasteiger partial charge is 0.438 e. The molecule has 2 unspecified atom stereocenters. The van der Waals surface area contributed by atoms with Gasteiger partial charge in [0.15, 0.2) is 5.75 Å². The third-order valence-corrected chi connectivity index (χ3v) is 8.09. The molecule has 0 bridgehead atoms. The van der Waals surface area contributed by atoms with Crippen LogP contribution in [0, 0.1) is 22.5 Å². The maximum atomic E-state index is 13.5. The van der Waals surface area contributed by atoms with Crippen LogP contribution in [0.3, 0.4) is 0 Å². The van der Waals surface area contributed by atoms with E-state index in [1.54, 1.807) is 12.1 Å². The molecule has 1 fully saturated rings. The van der Waals surface area contributed by atoms with Gasteiger partial charge in [-0.1, -0.05) is 12.8 Å². The predicted molar refractivity (Wildman–Crippen MR) is 131 cm³/mol. The number of ether oxygens (including phenoxy) is 2. The van der Waals surface area contributed by atoms with Crippen LogP contribution in [0.2, 0.25) is 0 Å². The van der Waals surface area contributed by atoms with E-state index in [-0.39, 0.29) is 25.0 Å². The fraction of sp³-hybridized carbons (Fsp3) is 0.556. The quantitative estimate of drug-likeness (QED) is 0.128. The molecule has 2 rings (SSSR count). The Morgan fingerprint density at radius 1 is 0.914 bits per heavy atom. The molecule has 1 saturated carbocycles. The van der Waals surface area contributed by atoms with Crippen LogP contribution in [0.5, 0.6) is 5.75 Å². The number of carbonyl (C=O) groups is 2. The van der Waals surface area contributed by atoms with E-state index in [4.69, 9.17) is 4.74 Å². The molecule has 0 spiro atoms. The third-order valence-electron chi connectivity index (χ3n) is 5.11. The summed E-state index contributed by atoms with van der Waals surface area (Å²) in [7, 11) is -6.17. The van der Waals surface area contributed by atoms with Crippen LogP contribution in [-0.4, -0.2) is 48.6 Å². The Bertz CT molecular complexity index is 1050. The summed E-state index contributed by atoms with van der Waals surface area (Å²) in [6.07, 6.45) is -12.9. The van der Waals surface area contributed by atoms with Gasteiger partial charge < -0.3 is 14.0 Å². The van der Waals surface area contributed by atoms with Crippen LogP contribution < -0.4 is 4.74 Å². The molecule has 1 aromatic rings. The van der Waals surface area contributed by atoms with Gasteiger partial charge in [-0.2, -0.15) is 26.3 Å². The number of benzene rings is 1. The van der Waals surface area contributed by atoms with Crippen LogP contribution in [0.25, 0.3) is 0 Å². The fourth-order valence-corrected chi connectivity index (χ4v) is 8.15. The van der Waals surface area contributed by atoms with Crippen molar-refractivity contribution in [3.63, 3.8) is 0 Å². The van der Waals surface area contributed by atoms with Crippen LogP contribution in [0.15, 0.2) is 12.1 Å². The molecule has 35 heavy (non-hydrogen) atoms. The summed E-state index contributed by atoms with van der Waals surface area (Å²) < 4.78 is 125. The van der Waals surface area contributed by atoms with Gasteiger partial charge in [0.1, 0.15) is 0 Å². The van der Waals surface area contributed by atoms with E-state index in [0.717, 1.165) is 3.57 Å². The summed E-state index contributed by atoms with van der Waals surface area (Å²) in [5.41, 5.74) is -5.59. The average molecular weight is 869 g/mol. The predicted octanol–water partition coefficient (Wildman–Crippen LogP) is 5.16. The molecule has 1 aliphatic carbocycles. The molecule has 1 aliphatic rings. The summed E-state index contributed by atoms with van der Waals surface area (Å²) in [6.45, 7) is 0. The second-order valence-electron chi connectivity index (χ2n) is 7.56. The molecule has 7 nitrogen and oxygen atoms in total. The first-order valence-electron chi connectivity index (χ1n) is 9.45. The Hall–Kier alpha value is -0.160. The van der Waals surface area contributed by atoms with Crippen LogP contribution in [0.4, 0.5) is 26.3 Å². The fourth-order valence-electron chi connectivity index (χ4n) is 3.46. The number of halogens is 9. The van der Waals surface area contributed by atoms with Gasteiger partial charge in [-0.15, -0.1) is 0 Å². The molecule has 0 saturated heterocycles. The highest BCUT2D eigenvalue weighted by molar-refractivity contribution is 14.1. The van der Waals surface area contributed by atoms with Gasteiger partial charge in [0, 0.05) is 3.57 Å². The summed E-state index contributed by atoms with van der Waals surface area (Å²) in [5, 5.41) is 0. The number of esters is 2. The lowest BCUT2D eigenvalue weighted by Gasteiger charge is -2.39. The van der Waals surface area contributed by atoms with Crippen molar-refractivity contribution < 1.29 is 58.4 Å². The van der Waals surface area contributed by atoms with Crippen molar-refractivity contribution in [2.24, 2.45) is 11.8 Å². The monoisotopic (exact) mass is 869 g/mol. The van der Waals surface area contributed by atoms with Gasteiger partial charge in [-0.05, 0) is 92.7 Å². The lowest BCUT2D eigenvalue weighted by atomic mass is 9.79. The first kappa shape index (κ1) is 31.1. The highest BCUT2D eigenvalue weighted by Gasteiger charge is 2.75. The topological polar surface area (TPSA) is 110 Å². The van der Waals surface area contributed by atoms with E-state index >= 15 is 0 Å². The lowest BCUT2D eigenvalue weighted by Crippen LogP contribution is -2.64. The molecule has 0 amide bonds. The molecule has 0 N–H and O–H groups in total. The van der Waals surface area contributed by atoms with E-state index in [9.17, 15) is 48.9 Å². The van der Waals surface area contributed by atoms with E-state index < -0.39 is 57.6 Å². The molecular formula is C18H14F6I3O7S-. The average Bonchev–Trinajstić information content (AvgIpc) is 2.67. The van der Waals surface area contributed by atoms with Crippen molar-refractivity contribution in [1.29, 1.82) is 0 Å². The van der Waals surface area contributed by atoms with Crippen LogP contribution in [0.1, 0.15) is 25.7 Å². The second kappa shape index (κ2) is 11.3. The summed E-state index contributed by atoms with van der Waals surface area (Å²) in [6, 6.07) is 3.31. The number of hydrogen-bond donors (Lipinski definition) is 0.